The normalized spacial score (nSPS) is 10.8. The van der Waals surface area contributed by atoms with Gasteiger partial charge in [0.25, 0.3) is 0 Å². The summed E-state index contributed by atoms with van der Waals surface area (Å²) < 4.78 is 0. The van der Waals surface area contributed by atoms with Gasteiger partial charge in [-0.2, -0.15) is 11.8 Å². The van der Waals surface area contributed by atoms with E-state index in [2.05, 4.69) is 18.8 Å². The van der Waals surface area contributed by atoms with Gasteiger partial charge in [-0.15, -0.1) is 0 Å². The SMILES string of the molecule is CC(C)CCSCc1cccnc1N. The minimum absolute atomic E-state index is 0.671. The fraction of sp³-hybridized carbons (Fsp3) is 0.545. The van der Waals surface area contributed by atoms with Crippen LogP contribution in [-0.4, -0.2) is 10.7 Å². The molecular weight excluding hydrogens is 192 g/mol. The number of pyridine rings is 1. The lowest BCUT2D eigenvalue weighted by Gasteiger charge is -2.05. The van der Waals surface area contributed by atoms with Crippen LogP contribution < -0.4 is 5.73 Å². The van der Waals surface area contributed by atoms with E-state index in [-0.39, 0.29) is 0 Å². The Morgan fingerprint density at radius 3 is 2.93 bits per heavy atom. The lowest BCUT2D eigenvalue weighted by molar-refractivity contribution is 0.632. The molecule has 0 unspecified atom stereocenters. The van der Waals surface area contributed by atoms with Gasteiger partial charge >= 0.3 is 0 Å². The summed E-state index contributed by atoms with van der Waals surface area (Å²) in [6.45, 7) is 4.50. The van der Waals surface area contributed by atoms with E-state index in [4.69, 9.17) is 5.73 Å². The number of hydrogen-bond acceptors (Lipinski definition) is 3. The molecule has 78 valence electrons. The van der Waals surface area contributed by atoms with Gasteiger partial charge in [-0.1, -0.05) is 19.9 Å². The molecule has 1 heterocycles. The zero-order valence-electron chi connectivity index (χ0n) is 8.86. The van der Waals surface area contributed by atoms with Crippen molar-refractivity contribution in [1.29, 1.82) is 0 Å². The molecule has 0 radical (unpaired) electrons. The Morgan fingerprint density at radius 2 is 2.29 bits per heavy atom. The predicted molar refractivity (Wildman–Crippen MR) is 64.3 cm³/mol. The van der Waals surface area contributed by atoms with Crippen molar-refractivity contribution in [2.24, 2.45) is 5.92 Å². The fourth-order valence-electron chi connectivity index (χ4n) is 1.07. The van der Waals surface area contributed by atoms with E-state index in [1.807, 2.05) is 23.9 Å². The highest BCUT2D eigenvalue weighted by atomic mass is 32.2. The van der Waals surface area contributed by atoms with Crippen molar-refractivity contribution in [3.63, 3.8) is 0 Å². The first-order valence-corrected chi connectivity index (χ1v) is 6.12. The molecule has 0 aliphatic heterocycles. The van der Waals surface area contributed by atoms with Gasteiger partial charge in [0, 0.05) is 17.5 Å². The molecule has 0 atom stereocenters. The summed E-state index contributed by atoms with van der Waals surface area (Å²) in [5, 5.41) is 0. The van der Waals surface area contributed by atoms with E-state index in [0.717, 1.165) is 17.2 Å². The number of hydrogen-bond donors (Lipinski definition) is 1. The molecular formula is C11H18N2S. The minimum Gasteiger partial charge on any atom is -0.383 e. The molecule has 0 fully saturated rings. The smallest absolute Gasteiger partial charge is 0.127 e. The minimum atomic E-state index is 0.671. The number of nitrogen functional groups attached to an aromatic ring is 1. The maximum Gasteiger partial charge on any atom is 0.127 e. The molecule has 14 heavy (non-hydrogen) atoms. The van der Waals surface area contributed by atoms with Crippen LogP contribution in [0.25, 0.3) is 0 Å². The maximum atomic E-state index is 5.74. The number of nitrogens with zero attached hydrogens (tertiary/aromatic N) is 1. The molecule has 2 nitrogen and oxygen atoms in total. The van der Waals surface area contributed by atoms with Crippen LogP contribution in [0.15, 0.2) is 18.3 Å². The van der Waals surface area contributed by atoms with Crippen LogP contribution in [0.2, 0.25) is 0 Å². The number of thioether (sulfide) groups is 1. The molecule has 1 aromatic heterocycles. The van der Waals surface area contributed by atoms with E-state index < -0.39 is 0 Å². The van der Waals surface area contributed by atoms with Gasteiger partial charge in [0.05, 0.1) is 0 Å². The lowest BCUT2D eigenvalue weighted by Crippen LogP contribution is -1.96. The summed E-state index contributed by atoms with van der Waals surface area (Å²) in [4.78, 5) is 4.06. The Kier molecular flexibility index (Phi) is 4.80. The van der Waals surface area contributed by atoms with Crippen molar-refractivity contribution < 1.29 is 0 Å². The Bertz CT molecular complexity index is 274. The monoisotopic (exact) mass is 210 g/mol. The average Bonchev–Trinajstić information content (AvgIpc) is 2.15. The summed E-state index contributed by atoms with van der Waals surface area (Å²) >= 11 is 1.93. The van der Waals surface area contributed by atoms with Crippen LogP contribution in [-0.2, 0) is 5.75 Å². The van der Waals surface area contributed by atoms with Crippen LogP contribution in [0, 0.1) is 5.92 Å². The van der Waals surface area contributed by atoms with Crippen LogP contribution >= 0.6 is 11.8 Å². The van der Waals surface area contributed by atoms with Gasteiger partial charge in [-0.25, -0.2) is 4.98 Å². The highest BCUT2D eigenvalue weighted by molar-refractivity contribution is 7.98. The quantitative estimate of drug-likeness (QED) is 0.759. The molecule has 2 N–H and O–H groups in total. The Balaban J connectivity index is 2.28. The third-order valence-electron chi connectivity index (χ3n) is 2.02. The fourth-order valence-corrected chi connectivity index (χ4v) is 2.32. The number of aromatic nitrogens is 1. The Morgan fingerprint density at radius 1 is 1.50 bits per heavy atom. The molecule has 0 saturated carbocycles. The number of anilines is 1. The molecule has 0 spiro atoms. The van der Waals surface area contributed by atoms with Crippen LogP contribution in [0.5, 0.6) is 0 Å². The van der Waals surface area contributed by atoms with E-state index in [9.17, 15) is 0 Å². The van der Waals surface area contributed by atoms with Gasteiger partial charge < -0.3 is 5.73 Å². The first-order valence-electron chi connectivity index (χ1n) is 4.97. The van der Waals surface area contributed by atoms with Crippen molar-refractivity contribution in [1.82, 2.24) is 4.98 Å². The second kappa shape index (κ2) is 5.91. The molecule has 0 aromatic carbocycles. The highest BCUT2D eigenvalue weighted by Gasteiger charge is 1.99. The van der Waals surface area contributed by atoms with E-state index in [1.165, 1.54) is 12.2 Å². The van der Waals surface area contributed by atoms with Crippen LogP contribution in [0.3, 0.4) is 0 Å². The van der Waals surface area contributed by atoms with Gasteiger partial charge in [-0.05, 0) is 24.2 Å². The summed E-state index contributed by atoms with van der Waals surface area (Å²) in [7, 11) is 0. The first-order chi connectivity index (χ1) is 6.70. The largest absolute Gasteiger partial charge is 0.383 e. The van der Waals surface area contributed by atoms with Crippen molar-refractivity contribution >= 4 is 17.6 Å². The third-order valence-corrected chi connectivity index (χ3v) is 3.06. The molecule has 1 rings (SSSR count). The van der Waals surface area contributed by atoms with Gasteiger partial charge in [0.2, 0.25) is 0 Å². The van der Waals surface area contributed by atoms with Crippen molar-refractivity contribution in [2.75, 3.05) is 11.5 Å². The summed E-state index contributed by atoms with van der Waals surface area (Å²) in [6.07, 6.45) is 3.00. The van der Waals surface area contributed by atoms with Crippen molar-refractivity contribution in [3.8, 4) is 0 Å². The summed E-state index contributed by atoms with van der Waals surface area (Å²) in [6, 6.07) is 3.99. The van der Waals surface area contributed by atoms with E-state index >= 15 is 0 Å². The third kappa shape index (κ3) is 4.01. The number of rotatable bonds is 5. The zero-order chi connectivity index (χ0) is 10.4. The van der Waals surface area contributed by atoms with Crippen LogP contribution in [0.1, 0.15) is 25.8 Å². The molecule has 0 amide bonds. The molecule has 0 saturated heterocycles. The predicted octanol–water partition coefficient (Wildman–Crippen LogP) is 2.94. The topological polar surface area (TPSA) is 38.9 Å². The molecule has 1 aromatic rings. The van der Waals surface area contributed by atoms with Crippen molar-refractivity contribution in [3.05, 3.63) is 23.9 Å². The standard InChI is InChI=1S/C11H18N2S/c1-9(2)5-7-14-8-10-4-3-6-13-11(10)12/h3-4,6,9H,5,7-8H2,1-2H3,(H2,12,13). The zero-order valence-corrected chi connectivity index (χ0v) is 9.68. The molecule has 3 heteroatoms. The Labute approximate surface area is 90.3 Å². The summed E-state index contributed by atoms with van der Waals surface area (Å²) in [5.74, 6) is 3.64. The Hall–Kier alpha value is -0.700. The number of nitrogens with two attached hydrogens (primary N) is 1. The van der Waals surface area contributed by atoms with Gasteiger partial charge in [0.15, 0.2) is 0 Å². The average molecular weight is 210 g/mol. The first kappa shape index (κ1) is 11.4. The van der Waals surface area contributed by atoms with E-state index in [1.54, 1.807) is 6.20 Å². The molecule has 0 aliphatic carbocycles. The van der Waals surface area contributed by atoms with Gasteiger partial charge in [-0.3, -0.25) is 0 Å². The van der Waals surface area contributed by atoms with Crippen molar-refractivity contribution in [2.45, 2.75) is 26.0 Å². The highest BCUT2D eigenvalue weighted by Crippen LogP contribution is 2.18. The molecule has 0 aliphatic rings. The lowest BCUT2D eigenvalue weighted by atomic mass is 10.2. The summed E-state index contributed by atoms with van der Waals surface area (Å²) in [5.41, 5.74) is 6.89. The second-order valence-electron chi connectivity index (χ2n) is 3.78. The second-order valence-corrected chi connectivity index (χ2v) is 4.89. The van der Waals surface area contributed by atoms with Crippen LogP contribution in [0.4, 0.5) is 5.82 Å². The molecule has 0 bridgehead atoms. The van der Waals surface area contributed by atoms with Gasteiger partial charge in [0.1, 0.15) is 5.82 Å². The van der Waals surface area contributed by atoms with E-state index in [0.29, 0.717) is 5.82 Å². The maximum absolute atomic E-state index is 5.74.